The van der Waals surface area contributed by atoms with E-state index < -0.39 is 12.0 Å². The predicted molar refractivity (Wildman–Crippen MR) is 52.9 cm³/mol. The fourth-order valence-electron chi connectivity index (χ4n) is 1.02. The normalized spacial score (nSPS) is 11.7. The average molecular weight is 202 g/mol. The molecular formula is C9H18N2O3. The van der Waals surface area contributed by atoms with Gasteiger partial charge in [-0.1, -0.05) is 0 Å². The molecule has 0 aromatic heterocycles. The lowest BCUT2D eigenvalue weighted by atomic mass is 10.3. The summed E-state index contributed by atoms with van der Waals surface area (Å²) in [6.07, 6.45) is 0. The van der Waals surface area contributed by atoms with Crippen molar-refractivity contribution < 1.29 is 14.3 Å². The summed E-state index contributed by atoms with van der Waals surface area (Å²) in [7, 11) is 1.29. The Morgan fingerprint density at radius 3 is 2.21 bits per heavy atom. The molecule has 0 saturated heterocycles. The standard InChI is InChI=1S/C9H18N2O3/c1-5-11(6-2)9(13)10-7(3)8(12)14-4/h7H,5-6H2,1-4H3,(H,10,13)/t7-/m0/s1. The number of carbonyl (C=O) groups excluding carboxylic acids is 2. The van der Waals surface area contributed by atoms with E-state index in [2.05, 4.69) is 10.1 Å². The van der Waals surface area contributed by atoms with Gasteiger partial charge in [-0.05, 0) is 20.8 Å². The second-order valence-corrected chi connectivity index (χ2v) is 2.87. The van der Waals surface area contributed by atoms with E-state index in [1.165, 1.54) is 7.11 Å². The molecule has 0 aromatic carbocycles. The third kappa shape index (κ3) is 3.64. The molecule has 0 aliphatic rings. The number of rotatable bonds is 4. The summed E-state index contributed by atoms with van der Waals surface area (Å²) >= 11 is 0. The number of nitrogens with one attached hydrogen (secondary N) is 1. The van der Waals surface area contributed by atoms with Crippen LogP contribution in [0.5, 0.6) is 0 Å². The Hall–Kier alpha value is -1.26. The second kappa shape index (κ2) is 6.23. The third-order valence-corrected chi connectivity index (χ3v) is 1.95. The van der Waals surface area contributed by atoms with E-state index >= 15 is 0 Å². The van der Waals surface area contributed by atoms with Gasteiger partial charge in [-0.25, -0.2) is 9.59 Å². The molecule has 0 aromatic rings. The van der Waals surface area contributed by atoms with E-state index in [0.29, 0.717) is 13.1 Å². The Morgan fingerprint density at radius 2 is 1.86 bits per heavy atom. The minimum Gasteiger partial charge on any atom is -0.467 e. The molecule has 0 saturated carbocycles. The summed E-state index contributed by atoms with van der Waals surface area (Å²) in [5, 5.41) is 2.54. The van der Waals surface area contributed by atoms with Crippen molar-refractivity contribution in [2.24, 2.45) is 0 Å². The number of hydrogen-bond donors (Lipinski definition) is 1. The zero-order valence-electron chi connectivity index (χ0n) is 9.16. The van der Waals surface area contributed by atoms with E-state index in [4.69, 9.17) is 0 Å². The van der Waals surface area contributed by atoms with Gasteiger partial charge < -0.3 is 15.0 Å². The van der Waals surface area contributed by atoms with E-state index in [1.54, 1.807) is 11.8 Å². The Balaban J connectivity index is 4.10. The first-order valence-corrected chi connectivity index (χ1v) is 4.70. The lowest BCUT2D eigenvalue weighted by molar-refractivity contribution is -0.142. The van der Waals surface area contributed by atoms with Gasteiger partial charge in [0.15, 0.2) is 0 Å². The Labute approximate surface area is 84.4 Å². The van der Waals surface area contributed by atoms with Crippen LogP contribution < -0.4 is 5.32 Å². The van der Waals surface area contributed by atoms with Gasteiger partial charge in [0.2, 0.25) is 0 Å². The van der Waals surface area contributed by atoms with Crippen LogP contribution >= 0.6 is 0 Å². The van der Waals surface area contributed by atoms with Crippen molar-refractivity contribution in [2.45, 2.75) is 26.8 Å². The number of urea groups is 1. The van der Waals surface area contributed by atoms with E-state index in [1.807, 2.05) is 13.8 Å². The SMILES string of the molecule is CCN(CC)C(=O)N[C@@H](C)C(=O)OC. The first-order valence-electron chi connectivity index (χ1n) is 4.70. The maximum absolute atomic E-state index is 11.4. The monoisotopic (exact) mass is 202 g/mol. The number of amides is 2. The van der Waals surface area contributed by atoms with E-state index in [9.17, 15) is 9.59 Å². The molecule has 5 heteroatoms. The number of hydrogen-bond acceptors (Lipinski definition) is 3. The fraction of sp³-hybridized carbons (Fsp3) is 0.778. The topological polar surface area (TPSA) is 58.6 Å². The molecular weight excluding hydrogens is 184 g/mol. The Kier molecular flexibility index (Phi) is 5.67. The van der Waals surface area contributed by atoms with Gasteiger partial charge in [-0.3, -0.25) is 0 Å². The van der Waals surface area contributed by atoms with Gasteiger partial charge in [-0.2, -0.15) is 0 Å². The molecule has 0 bridgehead atoms. The van der Waals surface area contributed by atoms with Crippen molar-refractivity contribution in [3.63, 3.8) is 0 Å². The highest BCUT2D eigenvalue weighted by Gasteiger charge is 2.18. The highest BCUT2D eigenvalue weighted by molar-refractivity contribution is 5.83. The van der Waals surface area contributed by atoms with Crippen molar-refractivity contribution in [3.05, 3.63) is 0 Å². The second-order valence-electron chi connectivity index (χ2n) is 2.87. The van der Waals surface area contributed by atoms with Crippen LogP contribution in [0.15, 0.2) is 0 Å². The van der Waals surface area contributed by atoms with Crippen LogP contribution in [0.4, 0.5) is 4.79 Å². The van der Waals surface area contributed by atoms with Gasteiger partial charge in [-0.15, -0.1) is 0 Å². The highest BCUT2D eigenvalue weighted by Crippen LogP contribution is 1.92. The fourth-order valence-corrected chi connectivity index (χ4v) is 1.02. The molecule has 0 heterocycles. The molecule has 0 aliphatic heterocycles. The van der Waals surface area contributed by atoms with Crippen LogP contribution in [0.2, 0.25) is 0 Å². The molecule has 1 N–H and O–H groups in total. The number of carbonyl (C=O) groups is 2. The molecule has 0 rings (SSSR count). The lowest BCUT2D eigenvalue weighted by Crippen LogP contribution is -2.46. The molecule has 2 amide bonds. The predicted octanol–water partition coefficient (Wildman–Crippen LogP) is 0.599. The van der Waals surface area contributed by atoms with Crippen LogP contribution in [0.25, 0.3) is 0 Å². The van der Waals surface area contributed by atoms with Crippen molar-refractivity contribution >= 4 is 12.0 Å². The minimum atomic E-state index is -0.604. The van der Waals surface area contributed by atoms with Crippen LogP contribution in [0, 0.1) is 0 Å². The van der Waals surface area contributed by atoms with Crippen molar-refractivity contribution in [2.75, 3.05) is 20.2 Å². The van der Waals surface area contributed by atoms with Crippen LogP contribution in [0.3, 0.4) is 0 Å². The van der Waals surface area contributed by atoms with Crippen molar-refractivity contribution in [1.29, 1.82) is 0 Å². The first-order chi connectivity index (χ1) is 6.56. The number of methoxy groups -OCH3 is 1. The Bertz CT molecular complexity index is 202. The molecule has 0 fully saturated rings. The largest absolute Gasteiger partial charge is 0.467 e. The summed E-state index contributed by atoms with van der Waals surface area (Å²) in [5.74, 6) is -0.439. The summed E-state index contributed by atoms with van der Waals surface area (Å²) in [5.41, 5.74) is 0. The van der Waals surface area contributed by atoms with E-state index in [-0.39, 0.29) is 6.03 Å². The van der Waals surface area contributed by atoms with Gasteiger partial charge in [0.05, 0.1) is 7.11 Å². The Morgan fingerprint density at radius 1 is 1.36 bits per heavy atom. The number of nitrogens with zero attached hydrogens (tertiary/aromatic N) is 1. The molecule has 0 radical (unpaired) electrons. The highest BCUT2D eigenvalue weighted by atomic mass is 16.5. The molecule has 0 spiro atoms. The molecule has 14 heavy (non-hydrogen) atoms. The van der Waals surface area contributed by atoms with Gasteiger partial charge in [0, 0.05) is 13.1 Å². The zero-order chi connectivity index (χ0) is 11.1. The first kappa shape index (κ1) is 12.7. The maximum Gasteiger partial charge on any atom is 0.328 e. The number of ether oxygens (including phenoxy) is 1. The molecule has 82 valence electrons. The molecule has 1 atom stereocenters. The molecule has 0 aliphatic carbocycles. The van der Waals surface area contributed by atoms with Gasteiger partial charge in [0.1, 0.15) is 6.04 Å². The average Bonchev–Trinajstić information content (AvgIpc) is 2.18. The lowest BCUT2D eigenvalue weighted by Gasteiger charge is -2.21. The van der Waals surface area contributed by atoms with Crippen molar-refractivity contribution in [3.8, 4) is 0 Å². The van der Waals surface area contributed by atoms with Crippen LogP contribution in [-0.2, 0) is 9.53 Å². The van der Waals surface area contributed by atoms with Crippen LogP contribution in [-0.4, -0.2) is 43.1 Å². The van der Waals surface area contributed by atoms with E-state index in [0.717, 1.165) is 0 Å². The summed E-state index contributed by atoms with van der Waals surface area (Å²) in [6, 6.07) is -0.846. The molecule has 0 unspecified atom stereocenters. The summed E-state index contributed by atoms with van der Waals surface area (Å²) in [6.45, 7) is 6.59. The maximum atomic E-state index is 11.4. The van der Waals surface area contributed by atoms with Crippen LogP contribution in [0.1, 0.15) is 20.8 Å². The third-order valence-electron chi connectivity index (χ3n) is 1.95. The molecule has 5 nitrogen and oxygen atoms in total. The number of esters is 1. The smallest absolute Gasteiger partial charge is 0.328 e. The quantitative estimate of drug-likeness (QED) is 0.679. The van der Waals surface area contributed by atoms with Crippen molar-refractivity contribution in [1.82, 2.24) is 10.2 Å². The minimum absolute atomic E-state index is 0.243. The van der Waals surface area contributed by atoms with Gasteiger partial charge >= 0.3 is 12.0 Å². The van der Waals surface area contributed by atoms with Gasteiger partial charge in [0.25, 0.3) is 0 Å². The zero-order valence-corrected chi connectivity index (χ0v) is 9.16. The summed E-state index contributed by atoms with van der Waals surface area (Å²) in [4.78, 5) is 24.0. The summed E-state index contributed by atoms with van der Waals surface area (Å²) < 4.78 is 4.49.